The van der Waals surface area contributed by atoms with Crippen LogP contribution in [0.25, 0.3) is 10.6 Å². The number of ether oxygens (including phenoxy) is 1. The van der Waals surface area contributed by atoms with Gasteiger partial charge in [0.25, 0.3) is 0 Å². The molecule has 2 N–H and O–H groups in total. The largest absolute Gasteiger partial charge is 1.00 e. The predicted molar refractivity (Wildman–Crippen MR) is 135 cm³/mol. The van der Waals surface area contributed by atoms with E-state index in [1.165, 1.54) is 0 Å². The molecule has 0 aliphatic heterocycles. The average molecular weight is 656 g/mol. The van der Waals surface area contributed by atoms with Crippen LogP contribution in [0, 0.1) is 0 Å². The second-order valence-electron chi connectivity index (χ2n) is 8.31. The fourth-order valence-electron chi connectivity index (χ4n) is 3.69. The molecule has 0 aromatic heterocycles. The smallest absolute Gasteiger partial charge is 0.651 e. The number of hydrogen-bond acceptors (Lipinski definition) is 6. The van der Waals surface area contributed by atoms with Crippen molar-refractivity contribution in [3.8, 4) is 0 Å². The molecule has 0 saturated heterocycles. The van der Waals surface area contributed by atoms with Crippen molar-refractivity contribution in [2.75, 3.05) is 33.4 Å². The van der Waals surface area contributed by atoms with Crippen molar-refractivity contribution in [2.24, 2.45) is 0 Å². The van der Waals surface area contributed by atoms with Crippen LogP contribution in [0.3, 0.4) is 0 Å². The van der Waals surface area contributed by atoms with Crippen LogP contribution in [-0.4, -0.2) is 56.9 Å². The van der Waals surface area contributed by atoms with Gasteiger partial charge in [0.1, 0.15) is 0 Å². The molecule has 3 amide bonds. The molecule has 0 unspecified atom stereocenters. The summed E-state index contributed by atoms with van der Waals surface area (Å²) < 4.78 is 5.36. The van der Waals surface area contributed by atoms with E-state index in [-0.39, 0.29) is 141 Å². The van der Waals surface area contributed by atoms with E-state index in [1.54, 1.807) is 24.3 Å². The third kappa shape index (κ3) is 15.1. The molecule has 1 aliphatic carbocycles. The molecule has 1 aromatic rings. The number of carbonyl (C=O) groups is 4. The summed E-state index contributed by atoms with van der Waals surface area (Å²) in [5.74, 6) is -1.16. The zero-order chi connectivity index (χ0) is 25.5. The number of nitrogens with one attached hydrogen (secondary N) is 2. The van der Waals surface area contributed by atoms with E-state index in [2.05, 4.69) is 21.3 Å². The predicted octanol–water partition coefficient (Wildman–Crippen LogP) is -1.93. The maximum atomic E-state index is 12.8. The van der Waals surface area contributed by atoms with E-state index in [9.17, 15) is 19.2 Å². The quantitative estimate of drug-likeness (QED) is 0.129. The van der Waals surface area contributed by atoms with E-state index >= 15 is 0 Å². The van der Waals surface area contributed by atoms with Gasteiger partial charge in [-0.15, -0.1) is 12.2 Å². The van der Waals surface area contributed by atoms with Crippen LogP contribution in [0.2, 0.25) is 0 Å². The molecule has 1 aromatic carbocycles. The molecule has 9 nitrogen and oxygen atoms in total. The summed E-state index contributed by atoms with van der Waals surface area (Å²) in [6.45, 7) is 3.47. The number of rotatable bonds is 15. The summed E-state index contributed by atoms with van der Waals surface area (Å²) in [6, 6.07) is 6.51. The molecule has 192 valence electrons. The van der Waals surface area contributed by atoms with Crippen molar-refractivity contribution >= 4 is 29.2 Å². The van der Waals surface area contributed by atoms with Gasteiger partial charge in [-0.1, -0.05) is 31.2 Å². The molecule has 0 saturated carbocycles. The Morgan fingerprint density at radius 2 is 1.68 bits per heavy atom. The van der Waals surface area contributed by atoms with Crippen molar-refractivity contribution in [1.29, 1.82) is 0 Å². The summed E-state index contributed by atoms with van der Waals surface area (Å²) in [5, 5.41) is 13.7. The van der Waals surface area contributed by atoms with Gasteiger partial charge in [0.05, 0.1) is 11.8 Å². The van der Waals surface area contributed by atoms with Gasteiger partial charge in [0.15, 0.2) is 5.78 Å². The Hall–Kier alpha value is 0.410. The Kier molecular flexibility index (Phi) is 22.4. The van der Waals surface area contributed by atoms with Crippen LogP contribution in [0.15, 0.2) is 35.5 Å². The molecule has 0 fully saturated rings. The minimum atomic E-state index is -0.593. The first-order chi connectivity index (χ1) is 16.9. The SMILES string of the molecule is CCCNC(=O)CCCOCC[N-]C(=O)CC(=O)[N-]c1ccc(C(=O)C2=C(NC)CCCC2)cc1.[Rb+].[Rb+]. The first kappa shape index (κ1) is 37.4. The van der Waals surface area contributed by atoms with E-state index < -0.39 is 18.2 Å². The number of ketones is 1. The van der Waals surface area contributed by atoms with Gasteiger partial charge in [-0.2, -0.15) is 0 Å². The van der Waals surface area contributed by atoms with Crippen molar-refractivity contribution in [3.63, 3.8) is 0 Å². The summed E-state index contributed by atoms with van der Waals surface area (Å²) in [4.78, 5) is 48.3. The molecular weight excluding hydrogens is 619 g/mol. The number of nitrogens with zero attached hydrogens (tertiary/aromatic N) is 2. The van der Waals surface area contributed by atoms with Gasteiger partial charge in [0.2, 0.25) is 5.91 Å². The normalized spacial score (nSPS) is 12.5. The van der Waals surface area contributed by atoms with Crippen LogP contribution in [0.1, 0.15) is 68.6 Å². The van der Waals surface area contributed by atoms with Crippen LogP contribution in [-0.2, 0) is 19.1 Å². The Bertz CT molecular complexity index is 907. The number of hydrogen-bond donors (Lipinski definition) is 2. The van der Waals surface area contributed by atoms with E-state index in [0.717, 1.165) is 43.4 Å². The summed E-state index contributed by atoms with van der Waals surface area (Å²) in [6.07, 6.45) is 5.18. The number of carbonyl (C=O) groups excluding carboxylic acids is 4. The maximum absolute atomic E-state index is 12.8. The second-order valence-corrected chi connectivity index (χ2v) is 8.31. The van der Waals surface area contributed by atoms with E-state index in [0.29, 0.717) is 37.2 Å². The van der Waals surface area contributed by atoms with E-state index in [1.807, 2.05) is 14.0 Å². The zero-order valence-electron chi connectivity index (χ0n) is 22.7. The molecule has 37 heavy (non-hydrogen) atoms. The van der Waals surface area contributed by atoms with Crippen molar-refractivity contribution in [2.45, 2.75) is 58.3 Å². The average Bonchev–Trinajstić information content (AvgIpc) is 2.86. The summed E-state index contributed by atoms with van der Waals surface area (Å²) >= 11 is 0. The van der Waals surface area contributed by atoms with Crippen molar-refractivity contribution < 1.29 is 140 Å². The van der Waals surface area contributed by atoms with E-state index in [4.69, 9.17) is 4.74 Å². The minimum absolute atomic E-state index is 0. The number of Topliss-reactive ketones (excluding diaryl/α,β-unsaturated/α-hetero) is 1. The van der Waals surface area contributed by atoms with Crippen LogP contribution < -0.4 is 127 Å². The number of allylic oxidation sites excluding steroid dienone is 2. The third-order valence-electron chi connectivity index (χ3n) is 5.52. The molecule has 0 spiro atoms. The van der Waals surface area contributed by atoms with Gasteiger partial charge in [-0.3, -0.25) is 9.59 Å². The molecule has 0 atom stereocenters. The summed E-state index contributed by atoms with van der Waals surface area (Å²) in [5.41, 5.74) is 2.74. The number of amides is 3. The number of benzene rings is 1. The Balaban J connectivity index is 0.00000648. The molecule has 2 rings (SSSR count). The Labute approximate surface area is 318 Å². The Morgan fingerprint density at radius 1 is 0.973 bits per heavy atom. The Morgan fingerprint density at radius 3 is 2.35 bits per heavy atom. The molecule has 0 radical (unpaired) electrons. The maximum Gasteiger partial charge on any atom is 1.00 e. The van der Waals surface area contributed by atoms with Crippen LogP contribution in [0.4, 0.5) is 5.69 Å². The molecular formula is C26H36N4O5Rb2. The second kappa shape index (κ2) is 22.1. The van der Waals surface area contributed by atoms with Gasteiger partial charge >= 0.3 is 116 Å². The van der Waals surface area contributed by atoms with Gasteiger partial charge in [-0.05, 0) is 38.5 Å². The topological polar surface area (TPSA) is 130 Å². The standard InChI is InChI=1S/C26H38N4O5.2Rb/c1-3-14-28-23(31)9-6-16-35-17-15-29-24(32)18-25(33)30-20-12-10-19(11-13-20)26(34)21-7-4-5-8-22(21)27-2;;/h10-13H,3-9,14-18H2,1-2H3,(H4,27,28,29,30,31,32,33,34);;/q;2*+1/p-2. The van der Waals surface area contributed by atoms with Gasteiger partial charge in [0, 0.05) is 56.5 Å². The fourth-order valence-corrected chi connectivity index (χ4v) is 3.69. The molecule has 1 aliphatic rings. The van der Waals surface area contributed by atoms with Crippen LogP contribution >= 0.6 is 0 Å². The van der Waals surface area contributed by atoms with Crippen molar-refractivity contribution in [1.82, 2.24) is 10.6 Å². The van der Waals surface area contributed by atoms with Crippen LogP contribution in [0.5, 0.6) is 0 Å². The zero-order valence-corrected chi connectivity index (χ0v) is 32.6. The summed E-state index contributed by atoms with van der Waals surface area (Å²) in [7, 11) is 1.83. The molecule has 0 heterocycles. The molecule has 0 bridgehead atoms. The first-order valence-corrected chi connectivity index (χ1v) is 12.3. The first-order valence-electron chi connectivity index (χ1n) is 12.3. The van der Waals surface area contributed by atoms with Gasteiger partial charge in [-0.25, -0.2) is 0 Å². The monoisotopic (exact) mass is 654 g/mol. The van der Waals surface area contributed by atoms with Crippen molar-refractivity contribution in [3.05, 3.63) is 51.7 Å². The fraction of sp³-hybridized carbons (Fsp3) is 0.538. The van der Waals surface area contributed by atoms with Gasteiger partial charge < -0.3 is 35.6 Å². The third-order valence-corrected chi connectivity index (χ3v) is 5.52. The minimum Gasteiger partial charge on any atom is -0.651 e. The molecule has 11 heteroatoms.